The predicted octanol–water partition coefficient (Wildman–Crippen LogP) is 12.0. The average molecular weight is 590 g/mol. The van der Waals surface area contributed by atoms with Gasteiger partial charge in [0.05, 0.1) is 11.4 Å². The van der Waals surface area contributed by atoms with Crippen molar-refractivity contribution in [2.45, 2.75) is 19.3 Å². The molecule has 0 radical (unpaired) electrons. The normalized spacial score (nSPS) is 13.2. The monoisotopic (exact) mass is 589 g/mol. The molecule has 8 aromatic rings. The highest BCUT2D eigenvalue weighted by Gasteiger charge is 2.36. The van der Waals surface area contributed by atoms with Crippen LogP contribution in [0.15, 0.2) is 156 Å². The number of hydrogen-bond donors (Lipinski definition) is 0. The van der Waals surface area contributed by atoms with Gasteiger partial charge in [-0.05, 0) is 87.0 Å². The minimum atomic E-state index is -0.101. The Kier molecular flexibility index (Phi) is 5.88. The maximum atomic E-state index is 6.32. The van der Waals surface area contributed by atoms with Crippen LogP contribution in [-0.2, 0) is 5.41 Å². The van der Waals surface area contributed by atoms with Gasteiger partial charge in [-0.25, -0.2) is 4.98 Å². The van der Waals surface area contributed by atoms with E-state index >= 15 is 0 Å². The summed E-state index contributed by atoms with van der Waals surface area (Å²) in [7, 11) is 0. The van der Waals surface area contributed by atoms with E-state index in [2.05, 4.69) is 147 Å². The van der Waals surface area contributed by atoms with E-state index in [-0.39, 0.29) is 5.41 Å². The largest absolute Gasteiger partial charge is 0.456 e. The van der Waals surface area contributed by atoms with Gasteiger partial charge in [-0.3, -0.25) is 0 Å². The van der Waals surface area contributed by atoms with Crippen molar-refractivity contribution in [2.24, 2.45) is 0 Å². The maximum Gasteiger partial charge on any atom is 0.136 e. The van der Waals surface area contributed by atoms with Gasteiger partial charge in [0, 0.05) is 27.3 Å². The standard InChI is InChI=1S/C44H31NO/c1-44(2)38-21-20-32(23-35(38)36-27-43-37(26-39(36)44)34-18-9-10-19-42(34)46-43)30-16-11-17-31(22-30)33-24-40(28-12-5-3-6-13-28)45-41(25-33)29-14-7-4-8-15-29/h3-27H,1-2H3. The second-order valence-corrected chi connectivity index (χ2v) is 12.8. The quantitative estimate of drug-likeness (QED) is 0.204. The van der Waals surface area contributed by atoms with Gasteiger partial charge >= 0.3 is 0 Å². The van der Waals surface area contributed by atoms with E-state index in [0.29, 0.717) is 0 Å². The van der Waals surface area contributed by atoms with Crippen LogP contribution in [0.4, 0.5) is 0 Å². The molecule has 0 aliphatic heterocycles. The molecule has 218 valence electrons. The van der Waals surface area contributed by atoms with Crippen molar-refractivity contribution >= 4 is 21.9 Å². The minimum absolute atomic E-state index is 0.101. The predicted molar refractivity (Wildman–Crippen MR) is 191 cm³/mol. The number of furan rings is 1. The van der Waals surface area contributed by atoms with Gasteiger partial charge < -0.3 is 4.42 Å². The third-order valence-corrected chi connectivity index (χ3v) is 9.67. The fourth-order valence-corrected chi connectivity index (χ4v) is 7.24. The van der Waals surface area contributed by atoms with Crippen molar-refractivity contribution < 1.29 is 4.42 Å². The van der Waals surface area contributed by atoms with Gasteiger partial charge in [0.1, 0.15) is 11.2 Å². The summed E-state index contributed by atoms with van der Waals surface area (Å²) >= 11 is 0. The van der Waals surface area contributed by atoms with Gasteiger partial charge in [-0.1, -0.05) is 123 Å². The summed E-state index contributed by atoms with van der Waals surface area (Å²) in [6.07, 6.45) is 0. The number of fused-ring (bicyclic) bond motifs is 6. The summed E-state index contributed by atoms with van der Waals surface area (Å²) in [5.74, 6) is 0. The highest BCUT2D eigenvalue weighted by atomic mass is 16.3. The van der Waals surface area contributed by atoms with Crippen LogP contribution in [0, 0.1) is 0 Å². The molecule has 2 heterocycles. The number of pyridine rings is 1. The molecule has 6 aromatic carbocycles. The van der Waals surface area contributed by atoms with E-state index in [1.165, 1.54) is 49.7 Å². The Balaban J connectivity index is 1.16. The lowest BCUT2D eigenvalue weighted by atomic mass is 9.81. The van der Waals surface area contributed by atoms with Crippen molar-refractivity contribution in [3.8, 4) is 55.9 Å². The van der Waals surface area contributed by atoms with Gasteiger partial charge in [-0.15, -0.1) is 0 Å². The topological polar surface area (TPSA) is 26.0 Å². The Morgan fingerprint density at radius 3 is 1.72 bits per heavy atom. The maximum absolute atomic E-state index is 6.32. The van der Waals surface area contributed by atoms with Gasteiger partial charge in [0.2, 0.25) is 0 Å². The van der Waals surface area contributed by atoms with E-state index in [9.17, 15) is 0 Å². The van der Waals surface area contributed by atoms with Gasteiger partial charge in [0.15, 0.2) is 0 Å². The van der Waals surface area contributed by atoms with E-state index in [4.69, 9.17) is 9.40 Å². The second-order valence-electron chi connectivity index (χ2n) is 12.8. The fourth-order valence-electron chi connectivity index (χ4n) is 7.24. The molecule has 1 aliphatic rings. The molecule has 46 heavy (non-hydrogen) atoms. The fraction of sp³-hybridized carbons (Fsp3) is 0.0682. The average Bonchev–Trinajstić information content (AvgIpc) is 3.59. The third kappa shape index (κ3) is 4.22. The second kappa shape index (κ2) is 10.2. The first kappa shape index (κ1) is 26.7. The lowest BCUT2D eigenvalue weighted by molar-refractivity contribution is 0.658. The third-order valence-electron chi connectivity index (χ3n) is 9.67. The summed E-state index contributed by atoms with van der Waals surface area (Å²) in [5.41, 5.74) is 15.9. The summed E-state index contributed by atoms with van der Waals surface area (Å²) in [6, 6.07) is 54.1. The SMILES string of the molecule is CC1(C)c2ccc(-c3cccc(-c4cc(-c5ccccc5)nc(-c5ccccc5)c4)c3)cc2-c2cc3oc4ccccc4c3cc21. The number of rotatable bonds is 4. The van der Waals surface area contributed by atoms with Crippen molar-refractivity contribution in [2.75, 3.05) is 0 Å². The van der Waals surface area contributed by atoms with Crippen LogP contribution >= 0.6 is 0 Å². The first-order chi connectivity index (χ1) is 22.5. The first-order valence-corrected chi connectivity index (χ1v) is 15.9. The summed E-state index contributed by atoms with van der Waals surface area (Å²) in [5, 5.41) is 2.36. The Morgan fingerprint density at radius 2 is 1.00 bits per heavy atom. The molecule has 2 nitrogen and oxygen atoms in total. The van der Waals surface area contributed by atoms with Crippen LogP contribution in [0.5, 0.6) is 0 Å². The number of aromatic nitrogens is 1. The van der Waals surface area contributed by atoms with E-state index in [1.54, 1.807) is 0 Å². The number of nitrogens with zero attached hydrogens (tertiary/aromatic N) is 1. The van der Waals surface area contributed by atoms with Crippen molar-refractivity contribution in [1.82, 2.24) is 4.98 Å². The zero-order valence-corrected chi connectivity index (χ0v) is 25.8. The smallest absolute Gasteiger partial charge is 0.136 e. The number of benzene rings is 6. The molecule has 1 aliphatic carbocycles. The van der Waals surface area contributed by atoms with Crippen LogP contribution in [0.25, 0.3) is 77.8 Å². The molecule has 9 rings (SSSR count). The molecule has 0 N–H and O–H groups in total. The zero-order chi connectivity index (χ0) is 30.8. The summed E-state index contributed by atoms with van der Waals surface area (Å²) in [4.78, 5) is 5.08. The Hall–Kier alpha value is -5.73. The molecular weight excluding hydrogens is 558 g/mol. The molecule has 0 spiro atoms. The molecule has 0 unspecified atom stereocenters. The lowest BCUT2D eigenvalue weighted by Crippen LogP contribution is -2.14. The molecule has 0 fully saturated rings. The molecule has 0 atom stereocenters. The van der Waals surface area contributed by atoms with E-state index < -0.39 is 0 Å². The number of para-hydroxylation sites is 1. The Morgan fingerprint density at radius 1 is 0.413 bits per heavy atom. The van der Waals surface area contributed by atoms with Crippen LogP contribution < -0.4 is 0 Å². The number of hydrogen-bond acceptors (Lipinski definition) is 2. The zero-order valence-electron chi connectivity index (χ0n) is 25.8. The van der Waals surface area contributed by atoms with Gasteiger partial charge in [0.25, 0.3) is 0 Å². The van der Waals surface area contributed by atoms with Crippen molar-refractivity contribution in [1.29, 1.82) is 0 Å². The molecule has 0 saturated heterocycles. The van der Waals surface area contributed by atoms with Crippen LogP contribution in [0.2, 0.25) is 0 Å². The minimum Gasteiger partial charge on any atom is -0.456 e. The van der Waals surface area contributed by atoms with Gasteiger partial charge in [-0.2, -0.15) is 0 Å². The highest BCUT2D eigenvalue weighted by Crippen LogP contribution is 2.51. The molecular formula is C44H31NO. The molecule has 0 bridgehead atoms. The van der Waals surface area contributed by atoms with Crippen molar-refractivity contribution in [3.05, 3.63) is 163 Å². The molecule has 2 aromatic heterocycles. The lowest BCUT2D eigenvalue weighted by Gasteiger charge is -2.21. The van der Waals surface area contributed by atoms with Crippen molar-refractivity contribution in [3.63, 3.8) is 0 Å². The summed E-state index contributed by atoms with van der Waals surface area (Å²) in [6.45, 7) is 4.67. The van der Waals surface area contributed by atoms with E-state index in [0.717, 1.165) is 39.2 Å². The molecule has 2 heteroatoms. The van der Waals surface area contributed by atoms with Crippen LogP contribution in [-0.4, -0.2) is 4.98 Å². The Labute approximate surface area is 268 Å². The van der Waals surface area contributed by atoms with E-state index in [1.807, 2.05) is 18.2 Å². The first-order valence-electron chi connectivity index (χ1n) is 15.9. The van der Waals surface area contributed by atoms with Crippen LogP contribution in [0.1, 0.15) is 25.0 Å². The van der Waals surface area contributed by atoms with Crippen LogP contribution in [0.3, 0.4) is 0 Å². The molecule has 0 saturated carbocycles. The highest BCUT2D eigenvalue weighted by molar-refractivity contribution is 6.07. The Bertz CT molecular complexity index is 2380. The summed E-state index contributed by atoms with van der Waals surface area (Å²) < 4.78 is 6.32. The molecule has 0 amide bonds.